The number of hydrogen-bond acceptors (Lipinski definition) is 3. The van der Waals surface area contributed by atoms with Crippen LogP contribution in [-0.2, 0) is 16.1 Å². The van der Waals surface area contributed by atoms with Crippen molar-refractivity contribution in [2.45, 2.75) is 65.1 Å². The van der Waals surface area contributed by atoms with E-state index in [9.17, 15) is 9.59 Å². The molecule has 2 aromatic rings. The molecule has 2 atom stereocenters. The maximum Gasteiger partial charge on any atom is 0.243 e. The van der Waals surface area contributed by atoms with Gasteiger partial charge in [-0.3, -0.25) is 9.59 Å². The average Bonchev–Trinajstić information content (AvgIpc) is 2.78. The van der Waals surface area contributed by atoms with Gasteiger partial charge in [-0.05, 0) is 56.0 Å². The topological polar surface area (TPSA) is 58.6 Å². The zero-order chi connectivity index (χ0) is 23.5. The quantitative estimate of drug-likeness (QED) is 0.387. The Balaban J connectivity index is 2.11. The fourth-order valence-corrected chi connectivity index (χ4v) is 3.74. The highest BCUT2D eigenvalue weighted by molar-refractivity contribution is 6.35. The molecule has 0 aliphatic carbocycles. The van der Waals surface area contributed by atoms with Crippen molar-refractivity contribution in [1.29, 1.82) is 0 Å². The Morgan fingerprint density at radius 3 is 2.41 bits per heavy atom. The minimum Gasteiger partial charge on any atom is -0.494 e. The first kappa shape index (κ1) is 26.0. The molecule has 32 heavy (non-hydrogen) atoms. The normalized spacial score (nSPS) is 12.7. The summed E-state index contributed by atoms with van der Waals surface area (Å²) in [5, 5.41) is 4.00. The van der Waals surface area contributed by atoms with Crippen molar-refractivity contribution in [3.8, 4) is 5.75 Å². The van der Waals surface area contributed by atoms with Crippen LogP contribution in [0.4, 0.5) is 0 Å². The number of carbonyl (C=O) groups is 2. The van der Waals surface area contributed by atoms with E-state index in [1.54, 1.807) is 23.1 Å². The molecule has 2 amide bonds. The van der Waals surface area contributed by atoms with Gasteiger partial charge in [0.15, 0.2) is 0 Å². The van der Waals surface area contributed by atoms with Crippen molar-refractivity contribution >= 4 is 35.0 Å². The van der Waals surface area contributed by atoms with Crippen molar-refractivity contribution in [1.82, 2.24) is 10.2 Å². The Morgan fingerprint density at radius 2 is 1.78 bits per heavy atom. The Kier molecular flexibility index (Phi) is 10.8. The van der Waals surface area contributed by atoms with Crippen molar-refractivity contribution in [2.75, 3.05) is 6.61 Å². The second-order valence-corrected chi connectivity index (χ2v) is 8.61. The van der Waals surface area contributed by atoms with Crippen molar-refractivity contribution < 1.29 is 14.3 Å². The van der Waals surface area contributed by atoms with E-state index in [4.69, 9.17) is 27.9 Å². The van der Waals surface area contributed by atoms with E-state index in [0.717, 1.165) is 17.7 Å². The van der Waals surface area contributed by atoms with Crippen LogP contribution in [-0.4, -0.2) is 35.4 Å². The van der Waals surface area contributed by atoms with Crippen molar-refractivity contribution in [2.24, 2.45) is 0 Å². The van der Waals surface area contributed by atoms with Gasteiger partial charge >= 0.3 is 0 Å². The van der Waals surface area contributed by atoms with E-state index >= 15 is 0 Å². The zero-order valence-electron chi connectivity index (χ0n) is 18.9. The number of amides is 2. The van der Waals surface area contributed by atoms with E-state index in [1.165, 1.54) is 0 Å². The second kappa shape index (κ2) is 13.3. The number of hydrogen-bond donors (Lipinski definition) is 1. The molecule has 0 fully saturated rings. The van der Waals surface area contributed by atoms with Gasteiger partial charge in [-0.15, -0.1) is 0 Å². The molecule has 0 aliphatic rings. The van der Waals surface area contributed by atoms with Crippen LogP contribution in [0.15, 0.2) is 48.5 Å². The fourth-order valence-electron chi connectivity index (χ4n) is 3.27. The van der Waals surface area contributed by atoms with Crippen LogP contribution < -0.4 is 10.1 Å². The van der Waals surface area contributed by atoms with Crippen LogP contribution in [0.1, 0.15) is 52.0 Å². The summed E-state index contributed by atoms with van der Waals surface area (Å²) in [5.74, 6) is 0.503. The number of rotatable bonds is 12. The number of benzene rings is 2. The third-order valence-electron chi connectivity index (χ3n) is 5.29. The first-order valence-electron chi connectivity index (χ1n) is 11.1. The Hall–Kier alpha value is -2.24. The van der Waals surface area contributed by atoms with Gasteiger partial charge in [0.25, 0.3) is 0 Å². The lowest BCUT2D eigenvalue weighted by Crippen LogP contribution is -2.50. The molecule has 0 heterocycles. The van der Waals surface area contributed by atoms with E-state index in [2.05, 4.69) is 5.32 Å². The number of ether oxygens (including phenoxy) is 1. The van der Waals surface area contributed by atoms with Gasteiger partial charge in [-0.25, -0.2) is 0 Å². The first-order valence-corrected chi connectivity index (χ1v) is 11.8. The van der Waals surface area contributed by atoms with Gasteiger partial charge in [0.05, 0.1) is 6.61 Å². The average molecular weight is 479 g/mol. The van der Waals surface area contributed by atoms with Crippen LogP contribution >= 0.6 is 23.2 Å². The highest BCUT2D eigenvalue weighted by atomic mass is 35.5. The minimum atomic E-state index is -0.585. The van der Waals surface area contributed by atoms with Crippen LogP contribution in [0.3, 0.4) is 0 Å². The maximum absolute atomic E-state index is 13.2. The summed E-state index contributed by atoms with van der Waals surface area (Å²) in [4.78, 5) is 27.8. The van der Waals surface area contributed by atoms with Gasteiger partial charge in [0.1, 0.15) is 11.8 Å². The lowest BCUT2D eigenvalue weighted by molar-refractivity contribution is -0.141. The Bertz CT molecular complexity index is 877. The molecule has 174 valence electrons. The standard InChI is InChI=1S/C25H32Cl2N2O3/c1-4-18(3)28-25(31)23(5-2)29(17-19-13-14-20(26)16-22(19)27)24(30)12-9-15-32-21-10-7-6-8-11-21/h6-8,10-11,13-14,16,18,23H,4-5,9,12,15,17H2,1-3H3,(H,28,31)/t18-,23+/m1/s1. The van der Waals surface area contributed by atoms with Gasteiger partial charge in [-0.1, -0.05) is 61.3 Å². The van der Waals surface area contributed by atoms with Crippen molar-refractivity contribution in [3.05, 3.63) is 64.1 Å². The molecule has 0 aliphatic heterocycles. The van der Waals surface area contributed by atoms with E-state index < -0.39 is 6.04 Å². The third-order valence-corrected chi connectivity index (χ3v) is 5.88. The highest BCUT2D eigenvalue weighted by Gasteiger charge is 2.29. The molecule has 2 rings (SSSR count). The third kappa shape index (κ3) is 8.03. The van der Waals surface area contributed by atoms with Crippen LogP contribution in [0, 0.1) is 0 Å². The Morgan fingerprint density at radius 1 is 1.06 bits per heavy atom. The maximum atomic E-state index is 13.2. The van der Waals surface area contributed by atoms with Crippen LogP contribution in [0.5, 0.6) is 5.75 Å². The summed E-state index contributed by atoms with van der Waals surface area (Å²) in [6, 6.07) is 14.1. The first-order chi connectivity index (χ1) is 15.3. The van der Waals surface area contributed by atoms with Gasteiger partial charge in [0.2, 0.25) is 11.8 Å². The summed E-state index contributed by atoms with van der Waals surface area (Å²) in [6.07, 6.45) is 2.13. The molecule has 0 aromatic heterocycles. The molecule has 7 heteroatoms. The molecular weight excluding hydrogens is 447 g/mol. The van der Waals surface area contributed by atoms with Crippen molar-refractivity contribution in [3.63, 3.8) is 0 Å². The SMILES string of the molecule is CC[C@@H](C)NC(=O)[C@H](CC)N(Cc1ccc(Cl)cc1Cl)C(=O)CCCOc1ccccc1. The Labute approximate surface area is 201 Å². The number of para-hydroxylation sites is 1. The number of nitrogens with zero attached hydrogens (tertiary/aromatic N) is 1. The molecule has 0 unspecified atom stereocenters. The molecule has 5 nitrogen and oxygen atoms in total. The van der Waals surface area contributed by atoms with E-state index in [1.807, 2.05) is 51.1 Å². The molecule has 2 aromatic carbocycles. The zero-order valence-corrected chi connectivity index (χ0v) is 20.5. The molecule has 1 N–H and O–H groups in total. The van der Waals surface area contributed by atoms with Gasteiger partial charge in [-0.2, -0.15) is 0 Å². The second-order valence-electron chi connectivity index (χ2n) is 7.76. The molecule has 0 bridgehead atoms. The fraction of sp³-hybridized carbons (Fsp3) is 0.440. The molecule has 0 radical (unpaired) electrons. The molecular formula is C25H32Cl2N2O3. The number of carbonyl (C=O) groups excluding carboxylic acids is 2. The molecule has 0 spiro atoms. The number of halogens is 2. The molecule has 0 saturated heterocycles. The molecule has 0 saturated carbocycles. The predicted octanol–water partition coefficient (Wildman–Crippen LogP) is 5.87. The lowest BCUT2D eigenvalue weighted by Gasteiger charge is -2.31. The summed E-state index contributed by atoms with van der Waals surface area (Å²) in [7, 11) is 0. The summed E-state index contributed by atoms with van der Waals surface area (Å²) in [5.41, 5.74) is 0.750. The van der Waals surface area contributed by atoms with Gasteiger partial charge in [0, 0.05) is 29.1 Å². The monoisotopic (exact) mass is 478 g/mol. The predicted molar refractivity (Wildman–Crippen MR) is 130 cm³/mol. The summed E-state index contributed by atoms with van der Waals surface area (Å²) in [6.45, 7) is 6.52. The summed E-state index contributed by atoms with van der Waals surface area (Å²) >= 11 is 12.4. The largest absolute Gasteiger partial charge is 0.494 e. The van der Waals surface area contributed by atoms with Crippen LogP contribution in [0.2, 0.25) is 10.0 Å². The van der Waals surface area contributed by atoms with E-state index in [-0.39, 0.29) is 30.8 Å². The minimum absolute atomic E-state index is 0.0342. The van der Waals surface area contributed by atoms with Crippen LogP contribution in [0.25, 0.3) is 0 Å². The lowest BCUT2D eigenvalue weighted by atomic mass is 10.1. The summed E-state index contributed by atoms with van der Waals surface area (Å²) < 4.78 is 5.70. The van der Waals surface area contributed by atoms with E-state index in [0.29, 0.717) is 29.5 Å². The highest BCUT2D eigenvalue weighted by Crippen LogP contribution is 2.24. The van der Waals surface area contributed by atoms with Gasteiger partial charge < -0.3 is 15.0 Å². The smallest absolute Gasteiger partial charge is 0.243 e. The number of nitrogens with one attached hydrogen (secondary N) is 1.